The van der Waals surface area contributed by atoms with E-state index in [2.05, 4.69) is 41.5 Å². The number of phosphoric acid groups is 2. The second-order valence-corrected chi connectivity index (χ2v) is 36.0. The van der Waals surface area contributed by atoms with Crippen molar-refractivity contribution in [2.24, 2.45) is 11.8 Å². The van der Waals surface area contributed by atoms with E-state index in [1.54, 1.807) is 0 Å². The molecule has 0 fully saturated rings. The van der Waals surface area contributed by atoms with E-state index in [0.29, 0.717) is 25.7 Å². The van der Waals surface area contributed by atoms with Crippen molar-refractivity contribution in [3.8, 4) is 0 Å². The molecule has 109 heavy (non-hydrogen) atoms. The van der Waals surface area contributed by atoms with Crippen LogP contribution < -0.4 is 0 Å². The van der Waals surface area contributed by atoms with E-state index >= 15 is 0 Å². The molecule has 17 nitrogen and oxygen atoms in total. The van der Waals surface area contributed by atoms with Gasteiger partial charge in [0.15, 0.2) is 12.2 Å². The zero-order chi connectivity index (χ0) is 79.9. The van der Waals surface area contributed by atoms with E-state index in [-0.39, 0.29) is 25.7 Å². The normalized spacial score (nSPS) is 14.0. The first-order chi connectivity index (χ1) is 52.9. The summed E-state index contributed by atoms with van der Waals surface area (Å²) in [6.07, 6.45) is 75.1. The fraction of sp³-hybridized carbons (Fsp3) is 0.956. The average Bonchev–Trinajstić information content (AvgIpc) is 0.899. The summed E-state index contributed by atoms with van der Waals surface area (Å²) in [7, 11) is -9.93. The Morgan fingerprint density at radius 1 is 0.266 bits per heavy atom. The van der Waals surface area contributed by atoms with Crippen LogP contribution in [0.25, 0.3) is 0 Å². The highest BCUT2D eigenvalue weighted by molar-refractivity contribution is 7.47. The molecule has 0 aromatic heterocycles. The number of unbranched alkanes of at least 4 members (excludes halogenated alkanes) is 58. The molecule has 0 radical (unpaired) electrons. The maximum absolute atomic E-state index is 13.2. The number of ether oxygens (including phenoxy) is 4. The van der Waals surface area contributed by atoms with Gasteiger partial charge in [0, 0.05) is 25.7 Å². The number of esters is 4. The Hall–Kier alpha value is -1.94. The van der Waals surface area contributed by atoms with Gasteiger partial charge >= 0.3 is 39.5 Å². The third-order valence-electron chi connectivity index (χ3n) is 21.6. The van der Waals surface area contributed by atoms with Gasteiger partial charge in [-0.25, -0.2) is 9.13 Å². The third-order valence-corrected chi connectivity index (χ3v) is 23.5. The van der Waals surface area contributed by atoms with Crippen molar-refractivity contribution >= 4 is 39.5 Å². The summed E-state index contributed by atoms with van der Waals surface area (Å²) in [4.78, 5) is 73.4. The van der Waals surface area contributed by atoms with Gasteiger partial charge in [0.05, 0.1) is 26.4 Å². The SMILES string of the molecule is CCCCCCCCCCCCCCCCCCCCCCCCC(=O)O[C@H](COC(=O)CCCCCCCCCCCCCCCCCCCCC)COP(=O)(O)OC[C@@H](O)COP(=O)(O)OC[C@@H](COC(=O)CCCCCCCCCCC(C)CC)OC(=O)CCCCCCCCCCCCCCCC(C)C. The number of aliphatic hydroxyl groups excluding tert-OH is 1. The van der Waals surface area contributed by atoms with Crippen LogP contribution >= 0.6 is 15.6 Å². The molecule has 0 heterocycles. The third kappa shape index (κ3) is 82.4. The Labute approximate surface area is 670 Å². The van der Waals surface area contributed by atoms with E-state index < -0.39 is 97.5 Å². The summed E-state index contributed by atoms with van der Waals surface area (Å²) in [5, 5.41) is 10.7. The number of rotatable bonds is 89. The maximum atomic E-state index is 13.2. The molecule has 0 spiro atoms. The molecule has 3 N–H and O–H groups in total. The molecule has 3 unspecified atom stereocenters. The first-order valence-electron chi connectivity index (χ1n) is 46.5. The van der Waals surface area contributed by atoms with Crippen LogP contribution in [0.5, 0.6) is 0 Å². The van der Waals surface area contributed by atoms with Crippen molar-refractivity contribution in [2.75, 3.05) is 39.6 Å². The van der Waals surface area contributed by atoms with Crippen LogP contribution in [0.3, 0.4) is 0 Å². The molecule has 0 saturated heterocycles. The van der Waals surface area contributed by atoms with Crippen LogP contribution in [-0.2, 0) is 65.4 Å². The first kappa shape index (κ1) is 107. The lowest BCUT2D eigenvalue weighted by Gasteiger charge is -2.21. The summed E-state index contributed by atoms with van der Waals surface area (Å²) in [6, 6.07) is 0. The summed E-state index contributed by atoms with van der Waals surface area (Å²) in [5.74, 6) is -0.534. The first-order valence-corrected chi connectivity index (χ1v) is 49.5. The molecular formula is C90H176O17P2. The number of hydrogen-bond donors (Lipinski definition) is 3. The number of carbonyl (C=O) groups is 4. The lowest BCUT2D eigenvalue weighted by Crippen LogP contribution is -2.30. The van der Waals surface area contributed by atoms with Gasteiger partial charge in [-0.1, -0.05) is 433 Å². The zero-order valence-electron chi connectivity index (χ0n) is 71.9. The van der Waals surface area contributed by atoms with Crippen molar-refractivity contribution < 1.29 is 80.2 Å². The van der Waals surface area contributed by atoms with E-state index in [4.69, 9.17) is 37.0 Å². The lowest BCUT2D eigenvalue weighted by atomic mass is 9.99. The summed E-state index contributed by atoms with van der Waals surface area (Å²) >= 11 is 0. The molecule has 0 bridgehead atoms. The molecular weight excluding hydrogens is 1410 g/mol. The Bertz CT molecular complexity index is 2080. The fourth-order valence-corrected chi connectivity index (χ4v) is 15.7. The number of carbonyl (C=O) groups excluding carboxylic acids is 4. The van der Waals surface area contributed by atoms with Crippen LogP contribution in [0.4, 0.5) is 0 Å². The molecule has 0 aliphatic heterocycles. The molecule has 19 heteroatoms. The summed E-state index contributed by atoms with van der Waals surface area (Å²) in [6.45, 7) is 9.71. The predicted molar refractivity (Wildman–Crippen MR) is 451 cm³/mol. The van der Waals surface area contributed by atoms with Crippen molar-refractivity contribution in [1.29, 1.82) is 0 Å². The molecule has 0 aromatic rings. The minimum Gasteiger partial charge on any atom is -0.462 e. The van der Waals surface area contributed by atoms with Crippen LogP contribution in [-0.4, -0.2) is 96.7 Å². The molecule has 6 atom stereocenters. The number of phosphoric ester groups is 2. The van der Waals surface area contributed by atoms with Gasteiger partial charge in [-0.05, 0) is 37.5 Å². The van der Waals surface area contributed by atoms with Crippen molar-refractivity contribution in [2.45, 2.75) is 503 Å². The molecule has 0 aliphatic carbocycles. The van der Waals surface area contributed by atoms with E-state index in [1.165, 1.54) is 302 Å². The molecule has 0 amide bonds. The summed E-state index contributed by atoms with van der Waals surface area (Å²) < 4.78 is 69.0. The minimum atomic E-state index is -4.97. The maximum Gasteiger partial charge on any atom is 0.472 e. The Balaban J connectivity index is 5.25. The van der Waals surface area contributed by atoms with Crippen molar-refractivity contribution in [1.82, 2.24) is 0 Å². The average molecular weight is 1590 g/mol. The van der Waals surface area contributed by atoms with E-state index in [0.717, 1.165) is 102 Å². The van der Waals surface area contributed by atoms with Crippen molar-refractivity contribution in [3.05, 3.63) is 0 Å². The second-order valence-electron chi connectivity index (χ2n) is 33.1. The fourth-order valence-electron chi connectivity index (χ4n) is 14.1. The van der Waals surface area contributed by atoms with Crippen molar-refractivity contribution in [3.63, 3.8) is 0 Å². The molecule has 0 rings (SSSR count). The Kier molecular flexibility index (Phi) is 79.8. The number of aliphatic hydroxyl groups is 1. The highest BCUT2D eigenvalue weighted by Gasteiger charge is 2.31. The van der Waals surface area contributed by atoms with Gasteiger partial charge in [0.2, 0.25) is 0 Å². The smallest absolute Gasteiger partial charge is 0.462 e. The summed E-state index contributed by atoms with van der Waals surface area (Å²) in [5.41, 5.74) is 0. The monoisotopic (exact) mass is 1590 g/mol. The van der Waals surface area contributed by atoms with Gasteiger partial charge in [-0.3, -0.25) is 37.3 Å². The van der Waals surface area contributed by atoms with Crippen LogP contribution in [0, 0.1) is 11.8 Å². The largest absolute Gasteiger partial charge is 0.472 e. The second kappa shape index (κ2) is 81.2. The number of hydrogen-bond acceptors (Lipinski definition) is 15. The topological polar surface area (TPSA) is 237 Å². The Morgan fingerprint density at radius 3 is 0.697 bits per heavy atom. The van der Waals surface area contributed by atoms with Crippen LogP contribution in [0.15, 0.2) is 0 Å². The van der Waals surface area contributed by atoms with Gasteiger partial charge in [0.1, 0.15) is 19.3 Å². The van der Waals surface area contributed by atoms with E-state index in [9.17, 15) is 43.2 Å². The van der Waals surface area contributed by atoms with Gasteiger partial charge in [-0.2, -0.15) is 0 Å². The zero-order valence-corrected chi connectivity index (χ0v) is 73.7. The van der Waals surface area contributed by atoms with Gasteiger partial charge < -0.3 is 33.8 Å². The molecule has 0 aliphatic rings. The highest BCUT2D eigenvalue weighted by atomic mass is 31.2. The lowest BCUT2D eigenvalue weighted by molar-refractivity contribution is -0.161. The molecule has 0 saturated carbocycles. The highest BCUT2D eigenvalue weighted by Crippen LogP contribution is 2.45. The van der Waals surface area contributed by atoms with Crippen LogP contribution in [0.1, 0.15) is 485 Å². The quantitative estimate of drug-likeness (QED) is 0.0222. The standard InChI is InChI=1S/C90H176O17P2/c1-7-10-12-14-16-18-20-22-24-26-28-29-30-32-34-36-40-44-48-56-62-68-74-89(94)106-85(78-100-87(92)72-66-60-54-47-43-39-35-33-31-27-25-23-21-19-17-15-13-11-8-2)80-104-108(96,97)102-76-84(91)77-103-109(98,99)105-81-86(79-101-88(93)73-67-61-55-51-50-53-59-65-71-83(6)9-3)107-90(95)75-69-63-57-49-45-41-37-38-42-46-52-58-64-70-82(4)5/h82-86,91H,7-81H2,1-6H3,(H,96,97)(H,98,99)/t83?,84-,85-,86-/m1/s1. The Morgan fingerprint density at radius 2 is 0.468 bits per heavy atom. The molecule has 648 valence electrons. The predicted octanol–water partition coefficient (Wildman–Crippen LogP) is 27.8. The van der Waals surface area contributed by atoms with Crippen LogP contribution in [0.2, 0.25) is 0 Å². The molecule has 0 aromatic carbocycles. The van der Waals surface area contributed by atoms with Gasteiger partial charge in [-0.15, -0.1) is 0 Å². The minimum absolute atomic E-state index is 0.107. The van der Waals surface area contributed by atoms with E-state index in [1.807, 2.05) is 0 Å². The van der Waals surface area contributed by atoms with Gasteiger partial charge in [0.25, 0.3) is 0 Å².